The van der Waals surface area contributed by atoms with Crippen molar-refractivity contribution >= 4 is 0 Å². The van der Waals surface area contributed by atoms with Crippen LogP contribution in [-0.4, -0.2) is 16.2 Å². The van der Waals surface area contributed by atoms with E-state index in [9.17, 15) is 0 Å². The van der Waals surface area contributed by atoms with Gasteiger partial charge in [-0.2, -0.15) is 5.10 Å². The smallest absolute Gasteiger partial charge is 0.0535 e. The van der Waals surface area contributed by atoms with Crippen molar-refractivity contribution < 1.29 is 0 Å². The molecule has 1 atom stereocenters. The third kappa shape index (κ3) is 3.70. The lowest BCUT2D eigenvalue weighted by molar-refractivity contribution is 0.513. The molecule has 18 heavy (non-hydrogen) atoms. The van der Waals surface area contributed by atoms with E-state index in [1.807, 2.05) is 6.20 Å². The summed E-state index contributed by atoms with van der Waals surface area (Å²) in [6.45, 7) is 5.18. The zero-order valence-corrected chi connectivity index (χ0v) is 11.1. The number of hydrogen-bond donors (Lipinski definition) is 2. The molecule has 2 N–H and O–H groups in total. The van der Waals surface area contributed by atoms with Gasteiger partial charge in [0.2, 0.25) is 0 Å². The molecule has 1 heterocycles. The van der Waals surface area contributed by atoms with Crippen LogP contribution in [-0.2, 0) is 13.0 Å². The Morgan fingerprint density at radius 3 is 2.72 bits per heavy atom. The minimum absolute atomic E-state index is 0.513. The van der Waals surface area contributed by atoms with Crippen LogP contribution in [0.4, 0.5) is 0 Å². The number of nitrogens with one attached hydrogen (secondary N) is 2. The van der Waals surface area contributed by atoms with Gasteiger partial charge in [-0.25, -0.2) is 0 Å². The SMILES string of the molecule is Cc1[nH]ncc1CN[C@H](C)CCc1ccccc1. The Balaban J connectivity index is 1.73. The molecule has 1 aromatic heterocycles. The van der Waals surface area contributed by atoms with Crippen molar-refractivity contribution in [2.45, 2.75) is 39.3 Å². The molecule has 0 saturated carbocycles. The van der Waals surface area contributed by atoms with Gasteiger partial charge in [0, 0.05) is 23.8 Å². The first-order valence-corrected chi connectivity index (χ1v) is 6.52. The highest BCUT2D eigenvalue weighted by Crippen LogP contribution is 2.06. The zero-order chi connectivity index (χ0) is 12.8. The Hall–Kier alpha value is -1.61. The first-order valence-electron chi connectivity index (χ1n) is 6.52. The summed E-state index contributed by atoms with van der Waals surface area (Å²) in [7, 11) is 0. The van der Waals surface area contributed by atoms with E-state index >= 15 is 0 Å². The standard InChI is InChI=1S/C15H21N3/c1-12(8-9-14-6-4-3-5-7-14)16-10-15-11-17-18-13(15)2/h3-7,11-12,16H,8-10H2,1-2H3,(H,17,18)/t12-/m1/s1. The summed E-state index contributed by atoms with van der Waals surface area (Å²) in [6.07, 6.45) is 4.17. The molecule has 96 valence electrons. The van der Waals surface area contributed by atoms with E-state index in [2.05, 4.69) is 59.7 Å². The average molecular weight is 243 g/mol. The van der Waals surface area contributed by atoms with Crippen LogP contribution in [0.15, 0.2) is 36.5 Å². The Kier molecular flexibility index (Phi) is 4.53. The van der Waals surface area contributed by atoms with Crippen LogP contribution in [0.3, 0.4) is 0 Å². The summed E-state index contributed by atoms with van der Waals surface area (Å²) in [6, 6.07) is 11.1. The van der Waals surface area contributed by atoms with Crippen LogP contribution >= 0.6 is 0 Å². The molecule has 0 radical (unpaired) electrons. The number of nitrogens with zero attached hydrogens (tertiary/aromatic N) is 1. The maximum atomic E-state index is 4.03. The van der Waals surface area contributed by atoms with E-state index in [1.165, 1.54) is 11.1 Å². The van der Waals surface area contributed by atoms with Crippen LogP contribution in [0.5, 0.6) is 0 Å². The van der Waals surface area contributed by atoms with E-state index in [4.69, 9.17) is 0 Å². The average Bonchev–Trinajstić information content (AvgIpc) is 2.81. The molecule has 3 heteroatoms. The summed E-state index contributed by atoms with van der Waals surface area (Å²) in [5.74, 6) is 0. The van der Waals surface area contributed by atoms with E-state index < -0.39 is 0 Å². The highest BCUT2D eigenvalue weighted by molar-refractivity contribution is 5.15. The fourth-order valence-electron chi connectivity index (χ4n) is 1.97. The topological polar surface area (TPSA) is 40.7 Å². The lowest BCUT2D eigenvalue weighted by Gasteiger charge is -2.13. The maximum absolute atomic E-state index is 4.03. The highest BCUT2D eigenvalue weighted by Gasteiger charge is 2.04. The molecule has 0 spiro atoms. The van der Waals surface area contributed by atoms with Crippen molar-refractivity contribution in [2.75, 3.05) is 0 Å². The molecule has 0 unspecified atom stereocenters. The number of aryl methyl sites for hydroxylation is 2. The number of H-pyrrole nitrogens is 1. The summed E-state index contributed by atoms with van der Waals surface area (Å²) in [4.78, 5) is 0. The first kappa shape index (κ1) is 12.8. The van der Waals surface area contributed by atoms with Gasteiger partial charge in [0.1, 0.15) is 0 Å². The largest absolute Gasteiger partial charge is 0.310 e. The van der Waals surface area contributed by atoms with Gasteiger partial charge in [-0.05, 0) is 32.3 Å². The monoisotopic (exact) mass is 243 g/mol. The molecule has 2 aromatic rings. The fourth-order valence-corrected chi connectivity index (χ4v) is 1.97. The van der Waals surface area contributed by atoms with E-state index in [-0.39, 0.29) is 0 Å². The molecule has 1 aromatic carbocycles. The maximum Gasteiger partial charge on any atom is 0.0535 e. The van der Waals surface area contributed by atoms with Gasteiger partial charge < -0.3 is 5.32 Å². The first-order chi connectivity index (χ1) is 8.75. The minimum Gasteiger partial charge on any atom is -0.310 e. The summed E-state index contributed by atoms with van der Waals surface area (Å²) >= 11 is 0. The molecule has 3 nitrogen and oxygen atoms in total. The second-order valence-corrected chi connectivity index (χ2v) is 4.83. The van der Waals surface area contributed by atoms with Crippen molar-refractivity contribution in [1.29, 1.82) is 0 Å². The van der Waals surface area contributed by atoms with Crippen LogP contribution in [0.2, 0.25) is 0 Å². The number of aromatic nitrogens is 2. The van der Waals surface area contributed by atoms with Gasteiger partial charge in [-0.1, -0.05) is 30.3 Å². The van der Waals surface area contributed by atoms with Gasteiger partial charge in [0.15, 0.2) is 0 Å². The summed E-state index contributed by atoms with van der Waals surface area (Å²) in [5, 5.41) is 10.5. The Morgan fingerprint density at radius 2 is 2.06 bits per heavy atom. The van der Waals surface area contributed by atoms with E-state index in [0.29, 0.717) is 6.04 Å². The molecule has 0 saturated heterocycles. The van der Waals surface area contributed by atoms with Crippen molar-refractivity contribution in [3.05, 3.63) is 53.3 Å². The van der Waals surface area contributed by atoms with Crippen LogP contribution < -0.4 is 5.32 Å². The molecular weight excluding hydrogens is 222 g/mol. The number of benzene rings is 1. The van der Waals surface area contributed by atoms with Gasteiger partial charge in [-0.15, -0.1) is 0 Å². The molecule has 0 amide bonds. The normalized spacial score (nSPS) is 12.6. The highest BCUT2D eigenvalue weighted by atomic mass is 15.1. The quantitative estimate of drug-likeness (QED) is 0.819. The third-order valence-electron chi connectivity index (χ3n) is 3.28. The molecule has 0 fully saturated rings. The van der Waals surface area contributed by atoms with Crippen molar-refractivity contribution in [1.82, 2.24) is 15.5 Å². The molecule has 0 aliphatic carbocycles. The van der Waals surface area contributed by atoms with Crippen molar-refractivity contribution in [3.63, 3.8) is 0 Å². The van der Waals surface area contributed by atoms with E-state index in [1.54, 1.807) is 0 Å². The molecule has 0 aliphatic heterocycles. The van der Waals surface area contributed by atoms with Crippen molar-refractivity contribution in [2.24, 2.45) is 0 Å². The summed E-state index contributed by atoms with van der Waals surface area (Å²) < 4.78 is 0. The van der Waals surface area contributed by atoms with Gasteiger partial charge in [0.05, 0.1) is 6.20 Å². The fraction of sp³-hybridized carbons (Fsp3) is 0.400. The van der Waals surface area contributed by atoms with Crippen LogP contribution in [0.25, 0.3) is 0 Å². The van der Waals surface area contributed by atoms with Gasteiger partial charge in [0.25, 0.3) is 0 Å². The second-order valence-electron chi connectivity index (χ2n) is 4.83. The van der Waals surface area contributed by atoms with Gasteiger partial charge in [-0.3, -0.25) is 5.10 Å². The Morgan fingerprint density at radius 1 is 1.28 bits per heavy atom. The lowest BCUT2D eigenvalue weighted by Crippen LogP contribution is -2.26. The molecule has 0 aliphatic rings. The lowest BCUT2D eigenvalue weighted by atomic mass is 10.1. The summed E-state index contributed by atoms with van der Waals surface area (Å²) in [5.41, 5.74) is 3.81. The molecule has 2 rings (SSSR count). The van der Waals surface area contributed by atoms with Crippen LogP contribution in [0, 0.1) is 6.92 Å². The molecule has 0 bridgehead atoms. The number of hydrogen-bond acceptors (Lipinski definition) is 2. The Bertz CT molecular complexity index is 462. The van der Waals surface area contributed by atoms with Crippen LogP contribution in [0.1, 0.15) is 30.2 Å². The van der Waals surface area contributed by atoms with Crippen molar-refractivity contribution in [3.8, 4) is 0 Å². The zero-order valence-electron chi connectivity index (χ0n) is 11.1. The predicted octanol–water partition coefficient (Wildman–Crippen LogP) is 2.83. The second kappa shape index (κ2) is 6.36. The Labute approximate surface area is 109 Å². The third-order valence-corrected chi connectivity index (χ3v) is 3.28. The minimum atomic E-state index is 0.513. The van der Waals surface area contributed by atoms with E-state index in [0.717, 1.165) is 25.1 Å². The molecular formula is C15H21N3. The van der Waals surface area contributed by atoms with Gasteiger partial charge >= 0.3 is 0 Å². The number of rotatable bonds is 6. The predicted molar refractivity (Wildman–Crippen MR) is 74.4 cm³/mol. The number of aromatic amines is 1.